The first-order valence-electron chi connectivity index (χ1n) is 5.81. The van der Waals surface area contributed by atoms with Crippen molar-refractivity contribution < 1.29 is 15.0 Å². The van der Waals surface area contributed by atoms with Gasteiger partial charge in [0.1, 0.15) is 11.0 Å². The van der Waals surface area contributed by atoms with Crippen LogP contribution in [0.15, 0.2) is 5.38 Å². The lowest BCUT2D eigenvalue weighted by Crippen LogP contribution is -2.44. The van der Waals surface area contributed by atoms with Gasteiger partial charge in [-0.1, -0.05) is 20.8 Å². The topological polar surface area (TPSA) is 82.5 Å². The van der Waals surface area contributed by atoms with Gasteiger partial charge in [-0.05, 0) is 6.92 Å². The van der Waals surface area contributed by atoms with Crippen molar-refractivity contribution >= 4 is 17.3 Å². The minimum atomic E-state index is -1.06. The second-order valence-corrected chi connectivity index (χ2v) is 6.26. The van der Waals surface area contributed by atoms with Crippen LogP contribution in [0.1, 0.15) is 38.4 Å². The molecule has 3 N–H and O–H groups in total. The van der Waals surface area contributed by atoms with E-state index in [1.54, 1.807) is 0 Å². The molecule has 0 aliphatic carbocycles. The van der Waals surface area contributed by atoms with Crippen molar-refractivity contribution in [1.29, 1.82) is 0 Å². The SMILES string of the molecule is C[C@@H](O)[C@@H](NCc1nc(C(C)(C)C)cs1)C(=O)O. The van der Waals surface area contributed by atoms with Gasteiger partial charge in [-0.2, -0.15) is 0 Å². The second kappa shape index (κ2) is 5.77. The highest BCUT2D eigenvalue weighted by Crippen LogP contribution is 2.23. The van der Waals surface area contributed by atoms with Gasteiger partial charge < -0.3 is 10.2 Å². The van der Waals surface area contributed by atoms with Crippen LogP contribution in [0.4, 0.5) is 0 Å². The van der Waals surface area contributed by atoms with E-state index in [9.17, 15) is 9.90 Å². The number of aliphatic hydroxyl groups excluding tert-OH is 1. The number of carboxylic acid groups (broad SMARTS) is 1. The van der Waals surface area contributed by atoms with Crippen molar-refractivity contribution in [1.82, 2.24) is 10.3 Å². The van der Waals surface area contributed by atoms with E-state index >= 15 is 0 Å². The Kier molecular flexibility index (Phi) is 4.84. The Bertz CT molecular complexity index is 410. The summed E-state index contributed by atoms with van der Waals surface area (Å²) in [4.78, 5) is 15.3. The molecule has 102 valence electrons. The lowest BCUT2D eigenvalue weighted by atomic mass is 9.93. The van der Waals surface area contributed by atoms with E-state index in [-0.39, 0.29) is 5.41 Å². The first kappa shape index (κ1) is 15.1. The average Bonchev–Trinajstić information content (AvgIpc) is 2.64. The van der Waals surface area contributed by atoms with Crippen LogP contribution in [0.25, 0.3) is 0 Å². The van der Waals surface area contributed by atoms with E-state index in [0.29, 0.717) is 6.54 Å². The number of nitrogens with one attached hydrogen (secondary N) is 1. The molecule has 0 aliphatic heterocycles. The maximum absolute atomic E-state index is 10.9. The smallest absolute Gasteiger partial charge is 0.323 e. The fraction of sp³-hybridized carbons (Fsp3) is 0.667. The van der Waals surface area contributed by atoms with E-state index in [1.165, 1.54) is 18.3 Å². The van der Waals surface area contributed by atoms with Crippen LogP contribution in [0.3, 0.4) is 0 Å². The van der Waals surface area contributed by atoms with Gasteiger partial charge in [0.15, 0.2) is 0 Å². The number of nitrogens with zero attached hydrogens (tertiary/aromatic N) is 1. The van der Waals surface area contributed by atoms with E-state index in [4.69, 9.17) is 5.11 Å². The molecule has 0 saturated carbocycles. The fourth-order valence-corrected chi connectivity index (χ4v) is 2.37. The van der Waals surface area contributed by atoms with Crippen LogP contribution >= 0.6 is 11.3 Å². The van der Waals surface area contributed by atoms with Crippen LogP contribution in [0.2, 0.25) is 0 Å². The quantitative estimate of drug-likeness (QED) is 0.754. The molecule has 6 heteroatoms. The Labute approximate surface area is 111 Å². The Morgan fingerprint density at radius 3 is 2.56 bits per heavy atom. The van der Waals surface area contributed by atoms with Crippen molar-refractivity contribution in [3.05, 3.63) is 16.1 Å². The lowest BCUT2D eigenvalue weighted by Gasteiger charge is -2.16. The van der Waals surface area contributed by atoms with Gasteiger partial charge in [-0.15, -0.1) is 11.3 Å². The van der Waals surface area contributed by atoms with Gasteiger partial charge >= 0.3 is 5.97 Å². The molecule has 0 bridgehead atoms. The highest BCUT2D eigenvalue weighted by molar-refractivity contribution is 7.09. The zero-order valence-corrected chi connectivity index (χ0v) is 11.9. The number of aromatic nitrogens is 1. The van der Waals surface area contributed by atoms with E-state index in [0.717, 1.165) is 10.7 Å². The first-order valence-corrected chi connectivity index (χ1v) is 6.69. The number of hydrogen-bond acceptors (Lipinski definition) is 5. The number of carboxylic acids is 1. The molecule has 0 aliphatic rings. The van der Waals surface area contributed by atoms with Crippen molar-refractivity contribution in [2.45, 2.75) is 51.8 Å². The van der Waals surface area contributed by atoms with Gasteiger partial charge in [-0.3, -0.25) is 10.1 Å². The molecule has 1 aromatic heterocycles. The normalized spacial score (nSPS) is 15.4. The minimum absolute atomic E-state index is 0.00871. The summed E-state index contributed by atoms with van der Waals surface area (Å²) in [6, 6.07) is -0.966. The van der Waals surface area contributed by atoms with Crippen LogP contribution in [0, 0.1) is 0 Å². The molecule has 0 amide bonds. The lowest BCUT2D eigenvalue weighted by molar-refractivity contribution is -0.142. The first-order chi connectivity index (χ1) is 8.21. The molecular weight excluding hydrogens is 252 g/mol. The van der Waals surface area contributed by atoms with Gasteiger partial charge in [0.05, 0.1) is 11.8 Å². The van der Waals surface area contributed by atoms with Gasteiger partial charge in [-0.25, -0.2) is 4.98 Å². The van der Waals surface area contributed by atoms with Crippen LogP contribution in [0.5, 0.6) is 0 Å². The van der Waals surface area contributed by atoms with Gasteiger partial charge in [0.25, 0.3) is 0 Å². The largest absolute Gasteiger partial charge is 0.480 e. The number of rotatable bonds is 5. The summed E-state index contributed by atoms with van der Waals surface area (Å²) in [6.07, 6.45) is -0.940. The Balaban J connectivity index is 2.63. The summed E-state index contributed by atoms with van der Waals surface area (Å²) >= 11 is 1.49. The summed E-state index contributed by atoms with van der Waals surface area (Å²) in [5.41, 5.74) is 0.985. The average molecular weight is 272 g/mol. The molecule has 0 spiro atoms. The number of carbonyl (C=O) groups is 1. The van der Waals surface area contributed by atoms with Crippen molar-refractivity contribution in [2.75, 3.05) is 0 Å². The third kappa shape index (κ3) is 4.04. The summed E-state index contributed by atoms with van der Waals surface area (Å²) < 4.78 is 0. The highest BCUT2D eigenvalue weighted by atomic mass is 32.1. The summed E-state index contributed by atoms with van der Waals surface area (Å²) in [7, 11) is 0. The molecule has 0 fully saturated rings. The van der Waals surface area contributed by atoms with Crippen molar-refractivity contribution in [2.24, 2.45) is 0 Å². The van der Waals surface area contributed by atoms with E-state index in [2.05, 4.69) is 31.1 Å². The molecule has 1 rings (SSSR count). The molecule has 1 heterocycles. The zero-order chi connectivity index (χ0) is 13.9. The predicted molar refractivity (Wildman–Crippen MR) is 70.8 cm³/mol. The maximum atomic E-state index is 10.9. The van der Waals surface area contributed by atoms with Crippen LogP contribution in [-0.4, -0.2) is 33.3 Å². The monoisotopic (exact) mass is 272 g/mol. The standard InChI is InChI=1S/C12H20N2O3S/c1-7(15)10(11(16)17)13-5-9-14-8(6-18-9)12(2,3)4/h6-7,10,13,15H,5H2,1-4H3,(H,16,17)/t7-,10-/m1/s1. The molecule has 2 atom stereocenters. The minimum Gasteiger partial charge on any atom is -0.480 e. The van der Waals surface area contributed by atoms with E-state index in [1.807, 2.05) is 5.38 Å². The zero-order valence-electron chi connectivity index (χ0n) is 11.1. The number of aliphatic carboxylic acids is 1. The maximum Gasteiger partial charge on any atom is 0.323 e. The Morgan fingerprint density at radius 1 is 1.56 bits per heavy atom. The summed E-state index contributed by atoms with van der Waals surface area (Å²) in [6.45, 7) is 8.04. The van der Waals surface area contributed by atoms with E-state index < -0.39 is 18.1 Å². The van der Waals surface area contributed by atoms with Crippen molar-refractivity contribution in [3.8, 4) is 0 Å². The molecule has 0 saturated heterocycles. The number of hydrogen-bond donors (Lipinski definition) is 3. The molecule has 18 heavy (non-hydrogen) atoms. The predicted octanol–water partition coefficient (Wildman–Crippen LogP) is 1.36. The highest BCUT2D eigenvalue weighted by Gasteiger charge is 2.23. The fourth-order valence-electron chi connectivity index (χ4n) is 1.40. The molecule has 0 aromatic carbocycles. The van der Waals surface area contributed by atoms with Gasteiger partial charge in [0, 0.05) is 17.3 Å². The number of thiazole rings is 1. The molecule has 1 aromatic rings. The molecule has 5 nitrogen and oxygen atoms in total. The van der Waals surface area contributed by atoms with Crippen LogP contribution in [-0.2, 0) is 16.8 Å². The van der Waals surface area contributed by atoms with Gasteiger partial charge in [0.2, 0.25) is 0 Å². The molecule has 0 radical (unpaired) electrons. The third-order valence-corrected chi connectivity index (χ3v) is 3.39. The van der Waals surface area contributed by atoms with Crippen molar-refractivity contribution in [3.63, 3.8) is 0 Å². The Morgan fingerprint density at radius 2 is 2.17 bits per heavy atom. The number of aliphatic hydroxyl groups is 1. The molecular formula is C12H20N2O3S. The van der Waals surface area contributed by atoms with Crippen LogP contribution < -0.4 is 5.32 Å². The molecule has 0 unspecified atom stereocenters. The summed E-state index contributed by atoms with van der Waals surface area (Å²) in [5.74, 6) is -1.06. The Hall–Kier alpha value is -0.980. The second-order valence-electron chi connectivity index (χ2n) is 5.31. The summed E-state index contributed by atoms with van der Waals surface area (Å²) in [5, 5.41) is 23.9. The third-order valence-electron chi connectivity index (χ3n) is 2.54.